The Bertz CT molecular complexity index is 999. The number of anilines is 1. The highest BCUT2D eigenvalue weighted by Crippen LogP contribution is 2.28. The first kappa shape index (κ1) is 18.9. The molecule has 0 saturated carbocycles. The van der Waals surface area contributed by atoms with Gasteiger partial charge in [0, 0.05) is 16.6 Å². The van der Waals surface area contributed by atoms with Gasteiger partial charge in [0.2, 0.25) is 5.91 Å². The quantitative estimate of drug-likeness (QED) is 0.699. The van der Waals surface area contributed by atoms with Gasteiger partial charge in [-0.05, 0) is 37.3 Å². The molecule has 0 aliphatic rings. The number of hydrogen-bond donors (Lipinski definition) is 1. The zero-order valence-electron chi connectivity index (χ0n) is 14.3. The van der Waals surface area contributed by atoms with Crippen LogP contribution >= 0.6 is 11.3 Å². The number of rotatable bonds is 5. The number of fused-ring (bicyclic) bond motifs is 1. The summed E-state index contributed by atoms with van der Waals surface area (Å²) in [6, 6.07) is 9.22. The van der Waals surface area contributed by atoms with Crippen molar-refractivity contribution in [3.63, 3.8) is 0 Å². The van der Waals surface area contributed by atoms with Crippen LogP contribution in [0.1, 0.15) is 16.6 Å². The summed E-state index contributed by atoms with van der Waals surface area (Å²) in [5.74, 6) is -3.43. The van der Waals surface area contributed by atoms with Gasteiger partial charge in [-0.1, -0.05) is 12.1 Å². The van der Waals surface area contributed by atoms with Gasteiger partial charge in [-0.3, -0.25) is 9.59 Å². The van der Waals surface area contributed by atoms with Crippen LogP contribution in [0.4, 0.5) is 18.9 Å². The number of para-hydroxylation sites is 1. The number of hydrogen-bond acceptors (Lipinski definition) is 3. The Balaban J connectivity index is 1.76. The fourth-order valence-electron chi connectivity index (χ4n) is 2.58. The van der Waals surface area contributed by atoms with E-state index in [1.165, 1.54) is 23.1 Å². The van der Waals surface area contributed by atoms with Gasteiger partial charge >= 0.3 is 0 Å². The maximum absolute atomic E-state index is 13.8. The molecular weight excluding hydrogens is 377 g/mol. The smallest absolute Gasteiger partial charge is 0.264 e. The fraction of sp³-hybridized carbons (Fsp3) is 0.158. The number of thiophene rings is 1. The molecule has 1 N–H and O–H groups in total. The monoisotopic (exact) mass is 392 g/mol. The van der Waals surface area contributed by atoms with Gasteiger partial charge in [0.25, 0.3) is 5.91 Å². The molecule has 8 heteroatoms. The molecule has 0 radical (unpaired) electrons. The second-order valence-corrected chi connectivity index (χ2v) is 6.81. The minimum absolute atomic E-state index is 0.197. The van der Waals surface area contributed by atoms with Crippen molar-refractivity contribution in [3.8, 4) is 0 Å². The second-order valence-electron chi connectivity index (χ2n) is 5.73. The van der Waals surface area contributed by atoms with E-state index in [-0.39, 0.29) is 18.0 Å². The largest absolute Gasteiger partial charge is 0.329 e. The van der Waals surface area contributed by atoms with Gasteiger partial charge in [0.05, 0.1) is 4.88 Å². The summed E-state index contributed by atoms with van der Waals surface area (Å²) < 4.78 is 41.7. The third-order valence-electron chi connectivity index (χ3n) is 3.95. The van der Waals surface area contributed by atoms with Gasteiger partial charge in [0.1, 0.15) is 29.7 Å². The van der Waals surface area contributed by atoms with Crippen LogP contribution in [0.2, 0.25) is 0 Å². The van der Waals surface area contributed by atoms with Crippen molar-refractivity contribution >= 4 is 38.9 Å². The van der Waals surface area contributed by atoms with Crippen LogP contribution in [0.3, 0.4) is 0 Å². The molecule has 1 aromatic heterocycles. The standard InChI is InChI=1S/C19H15F3N2O2S/c1-2-24(10-17(25)23-18-13(21)6-3-7-14(18)22)19(26)16-9-11-12(20)5-4-8-15(11)27-16/h3-9H,2,10H2,1H3,(H,23,25). The van der Waals surface area contributed by atoms with Gasteiger partial charge in [0.15, 0.2) is 0 Å². The minimum atomic E-state index is -0.905. The van der Waals surface area contributed by atoms with Crippen LogP contribution in [0.15, 0.2) is 42.5 Å². The molecule has 140 valence electrons. The van der Waals surface area contributed by atoms with E-state index in [4.69, 9.17) is 0 Å². The molecule has 0 saturated heterocycles. The number of halogens is 3. The lowest BCUT2D eigenvalue weighted by molar-refractivity contribution is -0.116. The highest BCUT2D eigenvalue weighted by atomic mass is 32.1. The predicted molar refractivity (Wildman–Crippen MR) is 98.3 cm³/mol. The number of carbonyl (C=O) groups is 2. The first-order valence-corrected chi connectivity index (χ1v) is 8.93. The molecule has 0 atom stereocenters. The number of likely N-dealkylation sites (N-methyl/N-ethyl adjacent to an activating group) is 1. The van der Waals surface area contributed by atoms with Crippen LogP contribution < -0.4 is 5.32 Å². The second kappa shape index (κ2) is 7.79. The first-order valence-electron chi connectivity index (χ1n) is 8.12. The minimum Gasteiger partial charge on any atom is -0.329 e. The lowest BCUT2D eigenvalue weighted by Gasteiger charge is -2.19. The molecule has 3 rings (SSSR count). The Morgan fingerprint density at radius 3 is 2.30 bits per heavy atom. The highest BCUT2D eigenvalue weighted by molar-refractivity contribution is 7.20. The van der Waals surface area contributed by atoms with E-state index >= 15 is 0 Å². The van der Waals surface area contributed by atoms with Crippen molar-refractivity contribution in [2.75, 3.05) is 18.4 Å². The molecule has 0 fully saturated rings. The molecule has 27 heavy (non-hydrogen) atoms. The fourth-order valence-corrected chi connectivity index (χ4v) is 3.63. The van der Waals surface area contributed by atoms with Crippen LogP contribution in [-0.2, 0) is 4.79 Å². The van der Waals surface area contributed by atoms with Crippen molar-refractivity contribution in [3.05, 3.63) is 64.8 Å². The van der Waals surface area contributed by atoms with E-state index in [2.05, 4.69) is 5.32 Å². The molecular formula is C19H15F3N2O2S. The van der Waals surface area contributed by atoms with Gasteiger partial charge in [-0.25, -0.2) is 13.2 Å². The summed E-state index contributed by atoms with van der Waals surface area (Å²) in [7, 11) is 0. The molecule has 0 bridgehead atoms. The zero-order chi connectivity index (χ0) is 19.6. The van der Waals surface area contributed by atoms with Gasteiger partial charge in [-0.15, -0.1) is 11.3 Å². The van der Waals surface area contributed by atoms with Crippen LogP contribution in [-0.4, -0.2) is 29.8 Å². The molecule has 0 aliphatic heterocycles. The summed E-state index contributed by atoms with van der Waals surface area (Å²) in [4.78, 5) is 26.3. The summed E-state index contributed by atoms with van der Waals surface area (Å²) in [6.45, 7) is 1.48. The Kier molecular flexibility index (Phi) is 5.46. The Hall–Kier alpha value is -2.87. The van der Waals surface area contributed by atoms with Crippen molar-refractivity contribution < 1.29 is 22.8 Å². The lowest BCUT2D eigenvalue weighted by Crippen LogP contribution is -2.37. The van der Waals surface area contributed by atoms with Gasteiger partial charge in [-0.2, -0.15) is 0 Å². The maximum Gasteiger partial charge on any atom is 0.264 e. The Labute approximate surface area is 157 Å². The van der Waals surface area contributed by atoms with E-state index in [0.717, 1.165) is 23.5 Å². The normalized spacial score (nSPS) is 10.8. The molecule has 4 nitrogen and oxygen atoms in total. The molecule has 3 aromatic rings. The van der Waals surface area contributed by atoms with Crippen molar-refractivity contribution in [1.82, 2.24) is 4.90 Å². The van der Waals surface area contributed by atoms with Crippen LogP contribution in [0.5, 0.6) is 0 Å². The molecule has 2 aromatic carbocycles. The number of benzene rings is 2. The summed E-state index contributed by atoms with van der Waals surface area (Å²) in [5, 5.41) is 2.48. The van der Waals surface area contributed by atoms with E-state index in [0.29, 0.717) is 10.1 Å². The molecule has 0 spiro atoms. The lowest BCUT2D eigenvalue weighted by atomic mass is 10.2. The number of nitrogens with zero attached hydrogens (tertiary/aromatic N) is 1. The van der Waals surface area contributed by atoms with Crippen LogP contribution in [0, 0.1) is 17.5 Å². The first-order chi connectivity index (χ1) is 12.9. The molecule has 1 heterocycles. The average Bonchev–Trinajstić information content (AvgIpc) is 3.08. The van der Waals surface area contributed by atoms with Crippen LogP contribution in [0.25, 0.3) is 10.1 Å². The molecule has 0 unspecified atom stereocenters. The SMILES string of the molecule is CCN(CC(=O)Nc1c(F)cccc1F)C(=O)c1cc2c(F)cccc2s1. The highest BCUT2D eigenvalue weighted by Gasteiger charge is 2.21. The van der Waals surface area contributed by atoms with Gasteiger partial charge < -0.3 is 10.2 Å². The number of nitrogens with one attached hydrogen (secondary N) is 1. The third-order valence-corrected chi connectivity index (χ3v) is 5.04. The number of amides is 2. The van der Waals surface area contributed by atoms with E-state index in [1.54, 1.807) is 19.1 Å². The molecule has 2 amide bonds. The number of carbonyl (C=O) groups excluding carboxylic acids is 2. The topological polar surface area (TPSA) is 49.4 Å². The summed E-state index contributed by atoms with van der Waals surface area (Å²) >= 11 is 1.12. The maximum atomic E-state index is 13.8. The summed E-state index contributed by atoms with van der Waals surface area (Å²) in [6.07, 6.45) is 0. The molecule has 0 aliphatic carbocycles. The Morgan fingerprint density at radius 2 is 1.67 bits per heavy atom. The predicted octanol–water partition coefficient (Wildman–Crippen LogP) is 4.42. The summed E-state index contributed by atoms with van der Waals surface area (Å²) in [5.41, 5.74) is -0.560. The van der Waals surface area contributed by atoms with Crippen molar-refractivity contribution in [1.29, 1.82) is 0 Å². The Morgan fingerprint density at radius 1 is 1.04 bits per heavy atom. The average molecular weight is 392 g/mol. The third kappa shape index (κ3) is 3.95. The van der Waals surface area contributed by atoms with E-state index in [1.807, 2.05) is 0 Å². The van der Waals surface area contributed by atoms with E-state index in [9.17, 15) is 22.8 Å². The van der Waals surface area contributed by atoms with E-state index < -0.39 is 35.0 Å². The van der Waals surface area contributed by atoms with Crippen molar-refractivity contribution in [2.24, 2.45) is 0 Å². The zero-order valence-corrected chi connectivity index (χ0v) is 15.1. The van der Waals surface area contributed by atoms with Crippen molar-refractivity contribution in [2.45, 2.75) is 6.92 Å².